The summed E-state index contributed by atoms with van der Waals surface area (Å²) < 4.78 is 0. The van der Waals surface area contributed by atoms with E-state index in [9.17, 15) is 4.79 Å². The van der Waals surface area contributed by atoms with E-state index >= 15 is 0 Å². The molecule has 70 valence electrons. The lowest BCUT2D eigenvalue weighted by molar-refractivity contribution is 0.0691. The smallest absolute Gasteiger partial charge is 0.352 e. The number of nitrogens with zero attached hydrogens (tertiary/aromatic N) is 1. The third kappa shape index (κ3) is 1.61. The van der Waals surface area contributed by atoms with Crippen LogP contribution < -0.4 is 5.73 Å². The second kappa shape index (κ2) is 3.18. The Kier molecular flexibility index (Phi) is 2.23. The summed E-state index contributed by atoms with van der Waals surface area (Å²) in [7, 11) is 0. The Morgan fingerprint density at radius 1 is 1.69 bits per heavy atom. The van der Waals surface area contributed by atoms with Crippen LogP contribution in [0.1, 0.15) is 21.7 Å². The summed E-state index contributed by atoms with van der Waals surface area (Å²) in [4.78, 5) is 13.0. The first-order chi connectivity index (χ1) is 6.06. The summed E-state index contributed by atoms with van der Waals surface area (Å²) in [6, 6.07) is 1.41. The number of nitrogens with two attached hydrogens (primary N) is 1. The van der Waals surface area contributed by atoms with Gasteiger partial charge >= 0.3 is 5.97 Å². The number of carboxylic acids is 1. The number of aryl methyl sites for hydroxylation is 1. The third-order valence-corrected chi connectivity index (χ3v) is 1.61. The topological polar surface area (TPSA) is 112 Å². The fourth-order valence-corrected chi connectivity index (χ4v) is 0.989. The van der Waals surface area contributed by atoms with Gasteiger partial charge in [-0.3, -0.25) is 0 Å². The van der Waals surface area contributed by atoms with Gasteiger partial charge in [0.05, 0.1) is 5.69 Å². The van der Waals surface area contributed by atoms with E-state index in [1.807, 2.05) is 0 Å². The minimum atomic E-state index is -1.08. The molecule has 0 radical (unpaired) electrons. The number of carboxylic acid groups (broad SMARTS) is 1. The summed E-state index contributed by atoms with van der Waals surface area (Å²) in [5.74, 6) is -1.22. The van der Waals surface area contributed by atoms with Gasteiger partial charge < -0.3 is 21.0 Å². The lowest BCUT2D eigenvalue weighted by Crippen LogP contribution is -2.15. The Morgan fingerprint density at radius 2 is 2.31 bits per heavy atom. The van der Waals surface area contributed by atoms with Crippen LogP contribution in [0, 0.1) is 6.92 Å². The Labute approximate surface area is 73.7 Å². The van der Waals surface area contributed by atoms with Gasteiger partial charge in [-0.05, 0) is 18.6 Å². The van der Waals surface area contributed by atoms with Crippen molar-refractivity contribution in [2.45, 2.75) is 6.92 Å². The molecule has 0 bridgehead atoms. The van der Waals surface area contributed by atoms with Crippen molar-refractivity contribution in [2.75, 3.05) is 0 Å². The first kappa shape index (κ1) is 9.11. The number of oxime groups is 1. The quantitative estimate of drug-likeness (QED) is 0.226. The van der Waals surface area contributed by atoms with Gasteiger partial charge in [0.2, 0.25) is 0 Å². The Bertz CT molecular complexity index is 367. The predicted molar refractivity (Wildman–Crippen MR) is 45.0 cm³/mol. The van der Waals surface area contributed by atoms with E-state index in [0.717, 1.165) is 0 Å². The molecule has 13 heavy (non-hydrogen) atoms. The zero-order chi connectivity index (χ0) is 10.0. The first-order valence-corrected chi connectivity index (χ1v) is 3.47. The van der Waals surface area contributed by atoms with Crippen LogP contribution in [0.5, 0.6) is 0 Å². The molecular formula is C7H9N3O3. The van der Waals surface area contributed by atoms with Gasteiger partial charge in [0.25, 0.3) is 0 Å². The van der Waals surface area contributed by atoms with Gasteiger partial charge in [0, 0.05) is 0 Å². The van der Waals surface area contributed by atoms with Crippen LogP contribution >= 0.6 is 0 Å². The highest BCUT2D eigenvalue weighted by Crippen LogP contribution is 2.09. The van der Waals surface area contributed by atoms with Crippen molar-refractivity contribution in [1.82, 2.24) is 4.98 Å². The van der Waals surface area contributed by atoms with Crippen molar-refractivity contribution in [3.05, 3.63) is 23.0 Å². The zero-order valence-corrected chi connectivity index (χ0v) is 6.90. The number of hydrogen-bond acceptors (Lipinski definition) is 3. The van der Waals surface area contributed by atoms with Crippen molar-refractivity contribution in [2.24, 2.45) is 10.9 Å². The molecule has 0 amide bonds. The molecule has 1 aromatic rings. The van der Waals surface area contributed by atoms with Gasteiger partial charge in [0.15, 0.2) is 5.84 Å². The molecule has 0 aliphatic carbocycles. The first-order valence-electron chi connectivity index (χ1n) is 3.47. The maximum Gasteiger partial charge on any atom is 0.352 e. The van der Waals surface area contributed by atoms with Crippen LogP contribution in [-0.4, -0.2) is 27.1 Å². The maximum atomic E-state index is 10.5. The zero-order valence-electron chi connectivity index (χ0n) is 6.90. The Hall–Kier alpha value is -1.98. The number of hydrogen-bond donors (Lipinski definition) is 4. The number of aromatic amines is 1. The molecule has 0 aliphatic heterocycles. The van der Waals surface area contributed by atoms with Gasteiger partial charge in [-0.15, -0.1) is 0 Å². The van der Waals surface area contributed by atoms with E-state index in [-0.39, 0.29) is 11.5 Å². The number of aromatic nitrogens is 1. The average molecular weight is 183 g/mol. The average Bonchev–Trinajstić information content (AvgIpc) is 2.46. The van der Waals surface area contributed by atoms with Crippen LogP contribution in [0.15, 0.2) is 11.2 Å². The molecule has 1 aromatic heterocycles. The fourth-order valence-electron chi connectivity index (χ4n) is 0.989. The van der Waals surface area contributed by atoms with Crippen molar-refractivity contribution in [3.8, 4) is 0 Å². The van der Waals surface area contributed by atoms with Crippen molar-refractivity contribution >= 4 is 11.8 Å². The molecule has 5 N–H and O–H groups in total. The standard InChI is InChI=1S/C7H9N3O3/c1-3-2-4(7(11)12)9-5(3)6(8)10-13/h2,9,13H,1H3,(H2,8,10)(H,11,12). The molecule has 0 spiro atoms. The number of carbonyl (C=O) groups is 1. The SMILES string of the molecule is Cc1cc(C(=O)O)[nH]c1/C(N)=N\O. The van der Waals surface area contributed by atoms with Crippen LogP contribution in [-0.2, 0) is 0 Å². The van der Waals surface area contributed by atoms with E-state index < -0.39 is 5.97 Å². The Morgan fingerprint density at radius 3 is 2.69 bits per heavy atom. The molecule has 0 fully saturated rings. The van der Waals surface area contributed by atoms with Crippen LogP contribution in [0.2, 0.25) is 0 Å². The Balaban J connectivity index is 3.18. The molecule has 1 rings (SSSR count). The monoisotopic (exact) mass is 183 g/mol. The highest BCUT2D eigenvalue weighted by Gasteiger charge is 2.12. The molecular weight excluding hydrogens is 174 g/mol. The second-order valence-electron chi connectivity index (χ2n) is 2.53. The molecule has 0 saturated heterocycles. The summed E-state index contributed by atoms with van der Waals surface area (Å²) in [5.41, 5.74) is 6.24. The van der Waals surface area contributed by atoms with Crippen molar-refractivity contribution < 1.29 is 15.1 Å². The molecule has 1 heterocycles. The largest absolute Gasteiger partial charge is 0.477 e. The third-order valence-electron chi connectivity index (χ3n) is 1.61. The summed E-state index contributed by atoms with van der Waals surface area (Å²) in [6.07, 6.45) is 0. The maximum absolute atomic E-state index is 10.5. The van der Waals surface area contributed by atoms with Crippen LogP contribution in [0.4, 0.5) is 0 Å². The van der Waals surface area contributed by atoms with Gasteiger partial charge in [0.1, 0.15) is 5.69 Å². The van der Waals surface area contributed by atoms with Gasteiger partial charge in [-0.2, -0.15) is 0 Å². The summed E-state index contributed by atoms with van der Waals surface area (Å²) in [5, 5.41) is 19.7. The highest BCUT2D eigenvalue weighted by molar-refractivity contribution is 5.98. The fraction of sp³-hybridized carbons (Fsp3) is 0.143. The number of rotatable bonds is 2. The lowest BCUT2D eigenvalue weighted by Gasteiger charge is -1.94. The molecule has 0 atom stereocenters. The van der Waals surface area contributed by atoms with E-state index in [0.29, 0.717) is 11.3 Å². The number of amidine groups is 1. The summed E-state index contributed by atoms with van der Waals surface area (Å²) >= 11 is 0. The van der Waals surface area contributed by atoms with Crippen molar-refractivity contribution in [3.63, 3.8) is 0 Å². The van der Waals surface area contributed by atoms with Gasteiger partial charge in [-0.1, -0.05) is 5.16 Å². The van der Waals surface area contributed by atoms with Gasteiger partial charge in [-0.25, -0.2) is 4.79 Å². The molecule has 6 heteroatoms. The second-order valence-corrected chi connectivity index (χ2v) is 2.53. The van der Waals surface area contributed by atoms with E-state index in [1.54, 1.807) is 6.92 Å². The minimum absolute atomic E-state index is 0.0131. The molecule has 6 nitrogen and oxygen atoms in total. The highest BCUT2D eigenvalue weighted by atomic mass is 16.4. The minimum Gasteiger partial charge on any atom is -0.477 e. The van der Waals surface area contributed by atoms with E-state index in [4.69, 9.17) is 16.0 Å². The number of aromatic carboxylic acids is 1. The number of H-pyrrole nitrogens is 1. The predicted octanol–water partition coefficient (Wildman–Crippen LogP) is 0.116. The molecule has 0 saturated carbocycles. The van der Waals surface area contributed by atoms with E-state index in [1.165, 1.54) is 6.07 Å². The van der Waals surface area contributed by atoms with Crippen LogP contribution in [0.25, 0.3) is 0 Å². The lowest BCUT2D eigenvalue weighted by atomic mass is 10.2. The molecule has 0 aliphatic rings. The van der Waals surface area contributed by atoms with Crippen molar-refractivity contribution in [1.29, 1.82) is 0 Å². The molecule has 0 unspecified atom stereocenters. The number of nitrogens with one attached hydrogen (secondary N) is 1. The van der Waals surface area contributed by atoms with Crippen LogP contribution in [0.3, 0.4) is 0 Å². The molecule has 0 aromatic carbocycles. The van der Waals surface area contributed by atoms with E-state index in [2.05, 4.69) is 10.1 Å². The normalized spacial score (nSPS) is 11.6. The summed E-state index contributed by atoms with van der Waals surface area (Å²) in [6.45, 7) is 1.66.